The first kappa shape index (κ1) is 38.8. The number of halogens is 2. The van der Waals surface area contributed by atoms with Crippen molar-refractivity contribution in [2.24, 2.45) is 5.92 Å². The van der Waals surface area contributed by atoms with Crippen molar-refractivity contribution in [3.63, 3.8) is 0 Å². The van der Waals surface area contributed by atoms with E-state index in [2.05, 4.69) is 36.8 Å². The summed E-state index contributed by atoms with van der Waals surface area (Å²) in [5.74, 6) is -0.961. The number of piperidine rings is 1. The van der Waals surface area contributed by atoms with Crippen LogP contribution in [0.15, 0.2) is 60.9 Å². The van der Waals surface area contributed by atoms with Gasteiger partial charge in [0.2, 0.25) is 10.9 Å². The van der Waals surface area contributed by atoms with Gasteiger partial charge in [0.25, 0.3) is 0 Å². The average Bonchev–Trinajstić information content (AvgIpc) is 3.78. The highest BCUT2D eigenvalue weighted by atomic mass is 32.2. The number of benzene rings is 2. The molecule has 7 rings (SSSR count). The Morgan fingerprint density at radius 3 is 2.29 bits per heavy atom. The molecule has 0 unspecified atom stereocenters. The Labute approximate surface area is 322 Å². The molecule has 3 fully saturated rings. The molecule has 0 bridgehead atoms. The molecule has 294 valence electrons. The van der Waals surface area contributed by atoms with Gasteiger partial charge in [-0.25, -0.2) is 31.6 Å². The van der Waals surface area contributed by atoms with E-state index in [-0.39, 0.29) is 42.3 Å². The summed E-state index contributed by atoms with van der Waals surface area (Å²) >= 11 is 0. The number of aromatic amines is 1. The topological polar surface area (TPSA) is 122 Å². The number of rotatable bonds is 11. The predicted octanol–water partition coefficient (Wildman–Crippen LogP) is 5.07. The Hall–Kier alpha value is -4.44. The van der Waals surface area contributed by atoms with Crippen LogP contribution in [-0.2, 0) is 20.4 Å². The number of thiol groups is 1. The number of ether oxygens (including phenoxy) is 1. The number of anilines is 2. The summed E-state index contributed by atoms with van der Waals surface area (Å²) in [5.41, 5.74) is 2.78. The smallest absolute Gasteiger partial charge is 0.320 e. The Kier molecular flexibility index (Phi) is 11.5. The number of carbonyl (C=O) groups excluding carboxylic acids is 2. The number of likely N-dealkylation sites (tertiary alicyclic amines) is 1. The van der Waals surface area contributed by atoms with E-state index in [1.807, 2.05) is 39.0 Å². The lowest BCUT2D eigenvalue weighted by Gasteiger charge is -2.39. The number of nitrogens with one attached hydrogen (secondary N) is 1. The summed E-state index contributed by atoms with van der Waals surface area (Å²) in [6, 6.07) is 13.6. The van der Waals surface area contributed by atoms with Crippen molar-refractivity contribution in [2.45, 2.75) is 51.8 Å². The molecule has 0 spiro atoms. The van der Waals surface area contributed by atoms with E-state index < -0.39 is 34.3 Å². The molecule has 55 heavy (non-hydrogen) atoms. The molecule has 12 nitrogen and oxygen atoms in total. The number of ketones is 1. The third kappa shape index (κ3) is 9.17. The van der Waals surface area contributed by atoms with E-state index in [1.165, 1.54) is 23.3 Å². The number of carbonyl (C=O) groups is 2. The van der Waals surface area contributed by atoms with E-state index in [9.17, 15) is 22.4 Å². The minimum atomic E-state index is -3.21. The Morgan fingerprint density at radius 1 is 0.909 bits per heavy atom. The van der Waals surface area contributed by atoms with Crippen molar-refractivity contribution in [2.75, 3.05) is 74.8 Å². The third-order valence-corrected chi connectivity index (χ3v) is 11.5. The van der Waals surface area contributed by atoms with Gasteiger partial charge in [-0.1, -0.05) is 12.1 Å². The van der Waals surface area contributed by atoms with Crippen LogP contribution >= 0.6 is 0 Å². The number of H-pyrrole nitrogens is 1. The largest absolute Gasteiger partial charge is 0.459 e. The second-order valence-corrected chi connectivity index (χ2v) is 16.6. The van der Waals surface area contributed by atoms with Gasteiger partial charge in [-0.3, -0.25) is 19.4 Å². The van der Waals surface area contributed by atoms with Crippen LogP contribution in [0, 0.1) is 11.7 Å². The minimum absolute atomic E-state index is 0.0594. The first-order chi connectivity index (χ1) is 26.3. The first-order valence-corrected chi connectivity index (χ1v) is 20.1. The molecule has 0 radical (unpaired) electrons. The van der Waals surface area contributed by atoms with Crippen LogP contribution in [0.25, 0.3) is 22.2 Å². The number of hydrogen-bond donors (Lipinski definition) is 2. The van der Waals surface area contributed by atoms with E-state index >= 15 is 4.39 Å². The van der Waals surface area contributed by atoms with E-state index in [0.717, 1.165) is 85.9 Å². The molecule has 3 aliphatic heterocycles. The standard InChI is InChI=1S/C40H49F2N7O5S/c1-40(2,3)54-37(50)26-45-13-10-27(11-14-45)24-46-16-18-47(19-17-46)31-6-4-28(5-7-31)29-20-33-35(23-44-39(33)43-22-29)38(51)34-21-32(8-9-36(34)42)49(55(52)53)48-15-12-30(41)25-48/h4-9,20-23,27,30,55H,10-19,24-26H2,1-3H3,(H,43,44)/t30-/m1/s1. The number of hydrogen-bond acceptors (Lipinski definition) is 10. The van der Waals surface area contributed by atoms with Crippen molar-refractivity contribution >= 4 is 45.1 Å². The Morgan fingerprint density at radius 2 is 1.64 bits per heavy atom. The fraction of sp³-hybridized carbons (Fsp3) is 0.475. The van der Waals surface area contributed by atoms with Gasteiger partial charge in [-0.15, -0.1) is 0 Å². The van der Waals surface area contributed by atoms with E-state index in [4.69, 9.17) is 4.74 Å². The number of nitrogens with zero attached hydrogens (tertiary/aromatic N) is 6. The zero-order valence-electron chi connectivity index (χ0n) is 31.5. The number of aromatic nitrogens is 2. The molecule has 4 aromatic rings. The SMILES string of the molecule is CC(C)(C)OC(=O)CN1CCC(CN2CCN(c3ccc(-c4cnc5[nH]cc(C(=O)c6cc(N(N7CC[C@@H](F)C7)[SH](=O)=O)ccc6F)c5c4)cc3)CC2)CC1. The van der Waals surface area contributed by atoms with Crippen LogP contribution in [0.5, 0.6) is 0 Å². The molecular formula is C40H49F2N7O5S. The fourth-order valence-corrected chi connectivity index (χ4v) is 8.52. The molecule has 3 saturated heterocycles. The van der Waals surface area contributed by atoms with Gasteiger partial charge in [0.15, 0.2) is 5.78 Å². The number of pyridine rings is 1. The van der Waals surface area contributed by atoms with Crippen molar-refractivity contribution in [3.05, 3.63) is 77.9 Å². The van der Waals surface area contributed by atoms with Crippen molar-refractivity contribution < 1.29 is 31.5 Å². The van der Waals surface area contributed by atoms with Gasteiger partial charge < -0.3 is 14.6 Å². The zero-order chi connectivity index (χ0) is 38.9. The highest BCUT2D eigenvalue weighted by Crippen LogP contribution is 2.31. The lowest BCUT2D eigenvalue weighted by atomic mass is 9.96. The average molecular weight is 778 g/mol. The molecule has 1 N–H and O–H groups in total. The molecule has 3 aliphatic rings. The van der Waals surface area contributed by atoms with Crippen molar-refractivity contribution in [3.8, 4) is 11.1 Å². The maximum absolute atomic E-state index is 15.2. The lowest BCUT2D eigenvalue weighted by Crippen LogP contribution is -2.49. The molecule has 0 amide bonds. The first-order valence-electron chi connectivity index (χ1n) is 19.0. The second-order valence-electron chi connectivity index (χ2n) is 15.8. The van der Waals surface area contributed by atoms with Gasteiger partial charge in [-0.05, 0) is 101 Å². The molecule has 0 aliphatic carbocycles. The summed E-state index contributed by atoms with van der Waals surface area (Å²) in [6.07, 6.45) is 4.37. The third-order valence-electron chi connectivity index (χ3n) is 10.7. The monoisotopic (exact) mass is 777 g/mol. The Bertz CT molecular complexity index is 2080. The van der Waals surface area contributed by atoms with Crippen LogP contribution in [-0.4, -0.2) is 122 Å². The van der Waals surface area contributed by atoms with Gasteiger partial charge in [0.1, 0.15) is 23.2 Å². The summed E-state index contributed by atoms with van der Waals surface area (Å²) in [4.78, 5) is 40.7. The maximum atomic E-state index is 15.2. The maximum Gasteiger partial charge on any atom is 0.320 e. The van der Waals surface area contributed by atoms with Crippen LogP contribution in [0.3, 0.4) is 0 Å². The van der Waals surface area contributed by atoms with Crippen molar-refractivity contribution in [1.29, 1.82) is 0 Å². The number of alkyl halides is 1. The molecular weight excluding hydrogens is 729 g/mol. The summed E-state index contributed by atoms with van der Waals surface area (Å²) < 4.78 is 59.8. The highest BCUT2D eigenvalue weighted by Gasteiger charge is 2.30. The van der Waals surface area contributed by atoms with Crippen LogP contribution in [0.4, 0.5) is 20.2 Å². The van der Waals surface area contributed by atoms with Gasteiger partial charge >= 0.3 is 5.97 Å². The molecule has 5 heterocycles. The summed E-state index contributed by atoms with van der Waals surface area (Å²) in [5, 5.41) is 1.85. The summed E-state index contributed by atoms with van der Waals surface area (Å²) in [6.45, 7) is 12.8. The molecule has 2 aromatic carbocycles. The normalized spacial score (nSPS) is 19.4. The fourth-order valence-electron chi connectivity index (χ4n) is 7.84. The van der Waals surface area contributed by atoms with Gasteiger partial charge in [-0.2, -0.15) is 0 Å². The Balaban J connectivity index is 0.965. The van der Waals surface area contributed by atoms with Gasteiger partial charge in [0.05, 0.1) is 24.3 Å². The lowest BCUT2D eigenvalue weighted by molar-refractivity contribution is -0.156. The van der Waals surface area contributed by atoms with E-state index in [0.29, 0.717) is 23.5 Å². The van der Waals surface area contributed by atoms with E-state index in [1.54, 1.807) is 6.20 Å². The number of fused-ring (bicyclic) bond motifs is 1. The van der Waals surface area contributed by atoms with Crippen LogP contribution < -0.4 is 9.31 Å². The molecule has 15 heteroatoms. The minimum Gasteiger partial charge on any atom is -0.459 e. The second kappa shape index (κ2) is 16.3. The number of hydrazine groups is 1. The highest BCUT2D eigenvalue weighted by molar-refractivity contribution is 7.73. The van der Waals surface area contributed by atoms with Crippen LogP contribution in [0.1, 0.15) is 56.0 Å². The number of esters is 1. The quantitative estimate of drug-likeness (QED) is 0.121. The number of piperazine rings is 1. The predicted molar refractivity (Wildman–Crippen MR) is 209 cm³/mol. The zero-order valence-corrected chi connectivity index (χ0v) is 32.4. The van der Waals surface area contributed by atoms with Gasteiger partial charge in [0, 0.05) is 73.9 Å². The summed E-state index contributed by atoms with van der Waals surface area (Å²) in [7, 11) is -3.21. The molecule has 0 saturated carbocycles. The van der Waals surface area contributed by atoms with Crippen molar-refractivity contribution in [1.82, 2.24) is 24.8 Å². The molecule has 1 atom stereocenters. The van der Waals surface area contributed by atoms with Crippen LogP contribution in [0.2, 0.25) is 0 Å². The molecule has 2 aromatic heterocycles.